The maximum Gasteiger partial charge on any atom is 0.242 e. The highest BCUT2D eigenvalue weighted by Gasteiger charge is 2.37. The zero-order chi connectivity index (χ0) is 14.5. The van der Waals surface area contributed by atoms with Gasteiger partial charge in [0.2, 0.25) is 11.8 Å². The van der Waals surface area contributed by atoms with E-state index in [1.54, 1.807) is 16.8 Å². The first-order chi connectivity index (χ1) is 8.94. The summed E-state index contributed by atoms with van der Waals surface area (Å²) in [5.74, 6) is 0.0911. The van der Waals surface area contributed by atoms with Crippen LogP contribution in [0.3, 0.4) is 0 Å². The molecule has 1 fully saturated rings. The van der Waals surface area contributed by atoms with E-state index in [0.717, 1.165) is 19.4 Å². The van der Waals surface area contributed by atoms with Crippen molar-refractivity contribution in [3.63, 3.8) is 0 Å². The molecule has 0 aliphatic carbocycles. The summed E-state index contributed by atoms with van der Waals surface area (Å²) in [4.78, 5) is 27.8. The van der Waals surface area contributed by atoms with Gasteiger partial charge < -0.3 is 15.1 Å². The van der Waals surface area contributed by atoms with Gasteiger partial charge in [0.1, 0.15) is 0 Å². The van der Waals surface area contributed by atoms with E-state index >= 15 is 0 Å². The lowest BCUT2D eigenvalue weighted by molar-refractivity contribution is -0.146. The van der Waals surface area contributed by atoms with E-state index in [4.69, 9.17) is 0 Å². The first kappa shape index (κ1) is 19.2. The van der Waals surface area contributed by atoms with Gasteiger partial charge in [0.05, 0.1) is 12.0 Å². The molecule has 0 saturated carbocycles. The number of piperidine rings is 1. The van der Waals surface area contributed by atoms with E-state index < -0.39 is 0 Å². The van der Waals surface area contributed by atoms with Gasteiger partial charge in [-0.3, -0.25) is 9.59 Å². The molecule has 0 bridgehead atoms. The summed E-state index contributed by atoms with van der Waals surface area (Å²) in [6.45, 7) is 9.13. The van der Waals surface area contributed by atoms with Crippen LogP contribution < -0.4 is 5.32 Å². The zero-order valence-corrected chi connectivity index (χ0v) is 13.9. The molecule has 2 amide bonds. The number of hydrogen-bond acceptors (Lipinski definition) is 3. The van der Waals surface area contributed by atoms with Gasteiger partial charge in [-0.2, -0.15) is 0 Å². The summed E-state index contributed by atoms with van der Waals surface area (Å²) < 4.78 is 0. The van der Waals surface area contributed by atoms with Crippen molar-refractivity contribution in [2.24, 2.45) is 5.41 Å². The minimum atomic E-state index is -0.365. The monoisotopic (exact) mass is 305 g/mol. The van der Waals surface area contributed by atoms with Crippen molar-refractivity contribution in [3.05, 3.63) is 0 Å². The van der Waals surface area contributed by atoms with Crippen LogP contribution in [0.4, 0.5) is 0 Å². The highest BCUT2D eigenvalue weighted by Crippen LogP contribution is 2.27. The van der Waals surface area contributed by atoms with E-state index in [9.17, 15) is 9.59 Å². The molecule has 0 aromatic rings. The maximum atomic E-state index is 12.5. The molecule has 1 rings (SSSR count). The first-order valence-corrected chi connectivity index (χ1v) is 7.18. The molecule has 0 aromatic carbocycles. The van der Waals surface area contributed by atoms with Gasteiger partial charge in [0.15, 0.2) is 0 Å². The molecule has 118 valence electrons. The molecule has 5 nitrogen and oxygen atoms in total. The van der Waals surface area contributed by atoms with Crippen molar-refractivity contribution < 1.29 is 9.59 Å². The molecule has 6 heteroatoms. The minimum absolute atomic E-state index is 0. The number of nitrogens with one attached hydrogen (secondary N) is 1. The van der Waals surface area contributed by atoms with Crippen LogP contribution in [0.1, 0.15) is 33.6 Å². The molecule has 1 aliphatic heterocycles. The molecule has 1 atom stereocenters. The molecule has 20 heavy (non-hydrogen) atoms. The van der Waals surface area contributed by atoms with Gasteiger partial charge in [-0.15, -0.1) is 12.4 Å². The van der Waals surface area contributed by atoms with E-state index in [-0.39, 0.29) is 36.2 Å². The van der Waals surface area contributed by atoms with Gasteiger partial charge in [-0.25, -0.2) is 0 Å². The van der Waals surface area contributed by atoms with E-state index in [1.807, 2.05) is 20.8 Å². The predicted molar refractivity (Wildman–Crippen MR) is 83.0 cm³/mol. The smallest absolute Gasteiger partial charge is 0.242 e. The second-order valence-electron chi connectivity index (χ2n) is 5.57. The summed E-state index contributed by atoms with van der Waals surface area (Å²) in [5, 5.41) is 3.27. The Morgan fingerprint density at radius 1 is 1.25 bits per heavy atom. The molecule has 1 N–H and O–H groups in total. The molecular formula is C14H28ClN3O2. The topological polar surface area (TPSA) is 52.7 Å². The Hall–Kier alpha value is -0.810. The summed E-state index contributed by atoms with van der Waals surface area (Å²) in [7, 11) is 1.73. The van der Waals surface area contributed by atoms with Crippen molar-refractivity contribution in [2.45, 2.75) is 33.6 Å². The minimum Gasteiger partial charge on any atom is -0.342 e. The molecule has 0 spiro atoms. The quantitative estimate of drug-likeness (QED) is 0.828. The van der Waals surface area contributed by atoms with Gasteiger partial charge in [0, 0.05) is 26.7 Å². The number of halogens is 1. The highest BCUT2D eigenvalue weighted by molar-refractivity contribution is 5.87. The Labute approximate surface area is 128 Å². The largest absolute Gasteiger partial charge is 0.342 e. The summed E-state index contributed by atoms with van der Waals surface area (Å²) >= 11 is 0. The number of carbonyl (C=O) groups is 2. The molecule has 1 saturated heterocycles. The fraction of sp³-hybridized carbons (Fsp3) is 0.857. The van der Waals surface area contributed by atoms with Crippen molar-refractivity contribution in [3.8, 4) is 0 Å². The fourth-order valence-corrected chi connectivity index (χ4v) is 2.65. The number of hydrogen-bond donors (Lipinski definition) is 1. The number of rotatable bonds is 5. The third-order valence-electron chi connectivity index (χ3n) is 3.95. The third-order valence-corrected chi connectivity index (χ3v) is 3.95. The normalized spacial score (nSPS) is 21.8. The predicted octanol–water partition coefficient (Wildman–Crippen LogP) is 1.12. The molecule has 0 aromatic heterocycles. The molecule has 1 heterocycles. The maximum absolute atomic E-state index is 12.5. The van der Waals surface area contributed by atoms with E-state index in [1.165, 1.54) is 0 Å². The first-order valence-electron chi connectivity index (χ1n) is 7.18. The average molecular weight is 306 g/mol. The number of likely N-dealkylation sites (N-methyl/N-ethyl adjacent to an activating group) is 2. The van der Waals surface area contributed by atoms with Crippen molar-refractivity contribution in [1.29, 1.82) is 0 Å². The van der Waals surface area contributed by atoms with Crippen LogP contribution in [0.15, 0.2) is 0 Å². The number of carbonyl (C=O) groups excluding carboxylic acids is 2. The lowest BCUT2D eigenvalue weighted by atomic mass is 9.81. The van der Waals surface area contributed by atoms with Gasteiger partial charge in [-0.05, 0) is 40.2 Å². The second-order valence-corrected chi connectivity index (χ2v) is 5.57. The second kappa shape index (κ2) is 8.47. The van der Waals surface area contributed by atoms with Crippen LogP contribution in [0.5, 0.6) is 0 Å². The molecular weight excluding hydrogens is 278 g/mol. The third kappa shape index (κ3) is 4.63. The van der Waals surface area contributed by atoms with Gasteiger partial charge >= 0.3 is 0 Å². The van der Waals surface area contributed by atoms with Crippen LogP contribution in [-0.4, -0.2) is 61.4 Å². The fourth-order valence-electron chi connectivity index (χ4n) is 2.65. The van der Waals surface area contributed by atoms with E-state index in [2.05, 4.69) is 5.32 Å². The van der Waals surface area contributed by atoms with E-state index in [0.29, 0.717) is 19.6 Å². The SMILES string of the molecule is CCN(CC)C(=O)CN(C)C(=O)C1(C)CCCNC1.Cl. The van der Waals surface area contributed by atoms with Gasteiger partial charge in [-0.1, -0.05) is 0 Å². The van der Waals surface area contributed by atoms with Crippen LogP contribution in [0, 0.1) is 5.41 Å². The van der Waals surface area contributed by atoms with Crippen LogP contribution >= 0.6 is 12.4 Å². The zero-order valence-electron chi connectivity index (χ0n) is 13.1. The molecule has 0 radical (unpaired) electrons. The van der Waals surface area contributed by atoms with Crippen LogP contribution in [0.2, 0.25) is 0 Å². The molecule has 1 unspecified atom stereocenters. The summed E-state index contributed by atoms with van der Waals surface area (Å²) in [5.41, 5.74) is -0.365. The van der Waals surface area contributed by atoms with Gasteiger partial charge in [0.25, 0.3) is 0 Å². The van der Waals surface area contributed by atoms with Crippen LogP contribution in [0.25, 0.3) is 0 Å². The standard InChI is InChI=1S/C14H27N3O2.ClH/c1-5-17(6-2)12(18)10-16(4)13(19)14(3)8-7-9-15-11-14;/h15H,5-11H2,1-4H3;1H. The molecule has 1 aliphatic rings. The Bertz CT molecular complexity index is 326. The number of nitrogens with zero attached hydrogens (tertiary/aromatic N) is 2. The lowest BCUT2D eigenvalue weighted by Gasteiger charge is -2.36. The Morgan fingerprint density at radius 3 is 2.30 bits per heavy atom. The van der Waals surface area contributed by atoms with Crippen molar-refractivity contribution in [1.82, 2.24) is 15.1 Å². The summed E-state index contributed by atoms with van der Waals surface area (Å²) in [6.07, 6.45) is 1.91. The van der Waals surface area contributed by atoms with Crippen LogP contribution in [-0.2, 0) is 9.59 Å². The Morgan fingerprint density at radius 2 is 1.85 bits per heavy atom. The highest BCUT2D eigenvalue weighted by atomic mass is 35.5. The lowest BCUT2D eigenvalue weighted by Crippen LogP contribution is -2.51. The number of amides is 2. The van der Waals surface area contributed by atoms with Crippen molar-refractivity contribution in [2.75, 3.05) is 39.8 Å². The Kier molecular flexibility index (Phi) is 8.13. The summed E-state index contributed by atoms with van der Waals surface area (Å²) in [6, 6.07) is 0. The Balaban J connectivity index is 0.00000361. The average Bonchev–Trinajstić information content (AvgIpc) is 2.40. The van der Waals surface area contributed by atoms with Crippen molar-refractivity contribution >= 4 is 24.2 Å².